The van der Waals surface area contributed by atoms with Gasteiger partial charge in [0.15, 0.2) is 0 Å². The summed E-state index contributed by atoms with van der Waals surface area (Å²) in [6.07, 6.45) is 1.54. The number of nitrogens with one attached hydrogen (secondary N) is 3. The van der Waals surface area contributed by atoms with E-state index in [4.69, 9.17) is 0 Å². The maximum atomic E-state index is 12.4. The minimum atomic E-state index is -0.171. The summed E-state index contributed by atoms with van der Waals surface area (Å²) in [7, 11) is 0. The minimum Gasteiger partial charge on any atom is -0.345 e. The van der Waals surface area contributed by atoms with Crippen LogP contribution in [0, 0.1) is 0 Å². The number of carbonyl (C=O) groups is 2. The third-order valence-corrected chi connectivity index (χ3v) is 4.15. The van der Waals surface area contributed by atoms with Gasteiger partial charge in [-0.1, -0.05) is 30.3 Å². The van der Waals surface area contributed by atoms with Crippen molar-refractivity contribution in [3.05, 3.63) is 84.1 Å². The summed E-state index contributed by atoms with van der Waals surface area (Å²) in [6.45, 7) is 3.41. The number of anilines is 3. The highest BCUT2D eigenvalue weighted by atomic mass is 16.2. The van der Waals surface area contributed by atoms with Gasteiger partial charge in [0.1, 0.15) is 5.82 Å². The number of rotatable bonds is 6. The zero-order valence-electron chi connectivity index (χ0n) is 15.8. The van der Waals surface area contributed by atoms with Gasteiger partial charge in [0.05, 0.1) is 11.6 Å². The van der Waals surface area contributed by atoms with E-state index in [1.165, 1.54) is 6.92 Å². The zero-order valence-corrected chi connectivity index (χ0v) is 15.8. The topological polar surface area (TPSA) is 83.1 Å². The highest BCUT2D eigenvalue weighted by Crippen LogP contribution is 2.18. The fraction of sp³-hybridized carbons (Fsp3) is 0.136. The maximum Gasteiger partial charge on any atom is 0.253 e. The van der Waals surface area contributed by atoms with Crippen molar-refractivity contribution < 1.29 is 9.59 Å². The van der Waals surface area contributed by atoms with Crippen molar-refractivity contribution in [2.75, 3.05) is 10.6 Å². The summed E-state index contributed by atoms with van der Waals surface area (Å²) in [4.78, 5) is 27.8. The molecule has 0 saturated heterocycles. The molecule has 1 unspecified atom stereocenters. The number of benzene rings is 2. The molecular weight excluding hydrogens is 352 g/mol. The lowest BCUT2D eigenvalue weighted by Crippen LogP contribution is -2.26. The monoisotopic (exact) mass is 374 g/mol. The first-order valence-corrected chi connectivity index (χ1v) is 8.98. The predicted molar refractivity (Wildman–Crippen MR) is 111 cm³/mol. The van der Waals surface area contributed by atoms with Crippen LogP contribution in [0.1, 0.15) is 35.8 Å². The van der Waals surface area contributed by atoms with E-state index in [0.717, 1.165) is 16.9 Å². The number of nitrogens with zero attached hydrogens (tertiary/aromatic N) is 1. The second kappa shape index (κ2) is 8.81. The number of amides is 2. The van der Waals surface area contributed by atoms with Crippen LogP contribution in [0.15, 0.2) is 72.9 Å². The molecule has 1 aromatic heterocycles. The lowest BCUT2D eigenvalue weighted by molar-refractivity contribution is -0.114. The van der Waals surface area contributed by atoms with Crippen LogP contribution in [0.3, 0.4) is 0 Å². The second-order valence-electron chi connectivity index (χ2n) is 6.42. The summed E-state index contributed by atoms with van der Waals surface area (Å²) in [5, 5.41) is 8.85. The van der Waals surface area contributed by atoms with Gasteiger partial charge in [0.2, 0.25) is 5.91 Å². The van der Waals surface area contributed by atoms with Gasteiger partial charge in [-0.3, -0.25) is 9.59 Å². The summed E-state index contributed by atoms with van der Waals surface area (Å²) in [6, 6.07) is 20.5. The first-order valence-electron chi connectivity index (χ1n) is 8.98. The zero-order chi connectivity index (χ0) is 19.9. The van der Waals surface area contributed by atoms with Gasteiger partial charge in [0.25, 0.3) is 5.91 Å². The largest absolute Gasteiger partial charge is 0.345 e. The first kappa shape index (κ1) is 19.1. The molecule has 1 heterocycles. The van der Waals surface area contributed by atoms with E-state index in [1.54, 1.807) is 30.5 Å². The molecule has 142 valence electrons. The molecule has 0 aliphatic carbocycles. The lowest BCUT2D eigenvalue weighted by Gasteiger charge is -2.14. The van der Waals surface area contributed by atoms with Crippen LogP contribution in [-0.4, -0.2) is 16.8 Å². The number of aromatic nitrogens is 1. The molecule has 0 saturated carbocycles. The molecule has 2 amide bonds. The van der Waals surface area contributed by atoms with Gasteiger partial charge in [-0.15, -0.1) is 0 Å². The van der Waals surface area contributed by atoms with Crippen LogP contribution >= 0.6 is 0 Å². The Bertz CT molecular complexity index is 939. The number of hydrogen-bond acceptors (Lipinski definition) is 4. The van der Waals surface area contributed by atoms with Crippen LogP contribution in [0.4, 0.5) is 17.2 Å². The molecule has 1 atom stereocenters. The predicted octanol–water partition coefficient (Wildman–Crippen LogP) is 4.27. The molecule has 0 aliphatic heterocycles. The Labute approximate surface area is 164 Å². The molecule has 0 spiro atoms. The Hall–Kier alpha value is -3.67. The van der Waals surface area contributed by atoms with E-state index < -0.39 is 0 Å². The van der Waals surface area contributed by atoms with Crippen molar-refractivity contribution in [1.82, 2.24) is 10.3 Å². The van der Waals surface area contributed by atoms with E-state index in [9.17, 15) is 9.59 Å². The molecule has 3 rings (SSSR count). The van der Waals surface area contributed by atoms with Crippen molar-refractivity contribution >= 4 is 29.0 Å². The highest BCUT2D eigenvalue weighted by Gasteiger charge is 2.11. The van der Waals surface area contributed by atoms with Crippen molar-refractivity contribution in [2.24, 2.45) is 0 Å². The lowest BCUT2D eigenvalue weighted by atomic mass is 10.1. The number of carbonyl (C=O) groups excluding carboxylic acids is 2. The van der Waals surface area contributed by atoms with Gasteiger partial charge in [-0.2, -0.15) is 0 Å². The summed E-state index contributed by atoms with van der Waals surface area (Å²) in [5.41, 5.74) is 3.10. The SMILES string of the molecule is CC(=O)Nc1ccc(Nc2ccc(C(=O)NC(C)c3ccccc3)cn2)cc1. The fourth-order valence-electron chi connectivity index (χ4n) is 2.70. The molecule has 6 heteroatoms. The Morgan fingerprint density at radius 2 is 1.57 bits per heavy atom. The van der Waals surface area contributed by atoms with Crippen LogP contribution in [-0.2, 0) is 4.79 Å². The molecule has 0 fully saturated rings. The van der Waals surface area contributed by atoms with Crippen molar-refractivity contribution in [3.8, 4) is 0 Å². The normalized spacial score (nSPS) is 11.4. The van der Waals surface area contributed by atoms with E-state index in [0.29, 0.717) is 11.4 Å². The van der Waals surface area contributed by atoms with Crippen LogP contribution in [0.5, 0.6) is 0 Å². The molecule has 3 aromatic rings. The first-order chi connectivity index (χ1) is 13.5. The highest BCUT2D eigenvalue weighted by molar-refractivity contribution is 5.94. The van der Waals surface area contributed by atoms with E-state index in [-0.39, 0.29) is 17.9 Å². The summed E-state index contributed by atoms with van der Waals surface area (Å²) in [5.74, 6) is 0.341. The smallest absolute Gasteiger partial charge is 0.253 e. The van der Waals surface area contributed by atoms with Gasteiger partial charge in [-0.05, 0) is 48.9 Å². The molecule has 6 nitrogen and oxygen atoms in total. The van der Waals surface area contributed by atoms with Crippen molar-refractivity contribution in [1.29, 1.82) is 0 Å². The molecular formula is C22H22N4O2. The Morgan fingerprint density at radius 1 is 0.893 bits per heavy atom. The van der Waals surface area contributed by atoms with Crippen molar-refractivity contribution in [2.45, 2.75) is 19.9 Å². The van der Waals surface area contributed by atoms with Gasteiger partial charge in [-0.25, -0.2) is 4.98 Å². The fourth-order valence-corrected chi connectivity index (χ4v) is 2.70. The quantitative estimate of drug-likeness (QED) is 0.601. The average molecular weight is 374 g/mol. The molecule has 3 N–H and O–H groups in total. The third kappa shape index (κ3) is 5.17. The molecule has 2 aromatic carbocycles. The standard InChI is InChI=1S/C22H22N4O2/c1-15(17-6-4-3-5-7-17)24-22(28)18-8-13-21(23-14-18)26-20-11-9-19(10-12-20)25-16(2)27/h3-15H,1-2H3,(H,23,26)(H,24,28)(H,25,27). The summed E-state index contributed by atoms with van der Waals surface area (Å²) < 4.78 is 0. The average Bonchev–Trinajstić information content (AvgIpc) is 2.70. The van der Waals surface area contributed by atoms with Crippen LogP contribution in [0.25, 0.3) is 0 Å². The molecule has 0 aliphatic rings. The summed E-state index contributed by atoms with van der Waals surface area (Å²) >= 11 is 0. The molecule has 28 heavy (non-hydrogen) atoms. The van der Waals surface area contributed by atoms with Crippen LogP contribution < -0.4 is 16.0 Å². The van der Waals surface area contributed by atoms with Crippen LogP contribution in [0.2, 0.25) is 0 Å². The Balaban J connectivity index is 1.60. The van der Waals surface area contributed by atoms with E-state index in [1.807, 2.05) is 49.4 Å². The number of hydrogen-bond donors (Lipinski definition) is 3. The number of pyridine rings is 1. The van der Waals surface area contributed by atoms with Gasteiger partial charge >= 0.3 is 0 Å². The van der Waals surface area contributed by atoms with E-state index >= 15 is 0 Å². The van der Waals surface area contributed by atoms with Gasteiger partial charge < -0.3 is 16.0 Å². The third-order valence-electron chi connectivity index (χ3n) is 4.15. The molecule has 0 bridgehead atoms. The maximum absolute atomic E-state index is 12.4. The molecule has 0 radical (unpaired) electrons. The Kier molecular flexibility index (Phi) is 6.01. The second-order valence-corrected chi connectivity index (χ2v) is 6.42. The van der Waals surface area contributed by atoms with Gasteiger partial charge in [0, 0.05) is 24.5 Å². The van der Waals surface area contributed by atoms with E-state index in [2.05, 4.69) is 20.9 Å². The Morgan fingerprint density at radius 3 is 2.18 bits per heavy atom. The van der Waals surface area contributed by atoms with Crippen molar-refractivity contribution in [3.63, 3.8) is 0 Å². The minimum absolute atomic E-state index is 0.0892.